The predicted octanol–water partition coefficient (Wildman–Crippen LogP) is 5.57. The Kier molecular flexibility index (Phi) is 5.48. The highest BCUT2D eigenvalue weighted by Crippen LogP contribution is 2.33. The average molecular weight is 427 g/mol. The van der Waals surface area contributed by atoms with Gasteiger partial charge >= 0.3 is 12.8 Å². The van der Waals surface area contributed by atoms with E-state index in [9.17, 15) is 22.4 Å². The quantitative estimate of drug-likeness (QED) is 0.181. The zero-order chi connectivity index (χ0) is 22.0. The molecule has 0 atom stereocenters. The molecule has 9 heteroatoms. The zero-order valence-electron chi connectivity index (χ0n) is 15.7. The summed E-state index contributed by atoms with van der Waals surface area (Å²) in [5.41, 5.74) is 0.857. The van der Waals surface area contributed by atoms with Crippen molar-refractivity contribution in [2.75, 3.05) is 0 Å². The molecule has 4 aromatic rings. The van der Waals surface area contributed by atoms with Gasteiger partial charge in [0.05, 0.1) is 0 Å². The second-order valence-corrected chi connectivity index (χ2v) is 6.35. The Labute approximate surface area is 173 Å². The molecule has 0 unspecified atom stereocenters. The van der Waals surface area contributed by atoms with E-state index in [1.165, 1.54) is 47.0 Å². The minimum atomic E-state index is -3.42. The van der Waals surface area contributed by atoms with Crippen LogP contribution in [0.1, 0.15) is 15.9 Å². The predicted molar refractivity (Wildman–Crippen MR) is 106 cm³/mol. The molecule has 0 N–H and O–H groups in total. The largest absolute Gasteiger partial charge is 0.393 e. The van der Waals surface area contributed by atoms with Crippen LogP contribution in [-0.2, 0) is 4.74 Å². The number of carbonyl (C=O) groups is 1. The highest BCUT2D eigenvalue weighted by atomic mass is 19.3. The maximum atomic E-state index is 14.5. The number of halogens is 4. The first kappa shape index (κ1) is 20.3. The summed E-state index contributed by atoms with van der Waals surface area (Å²) in [4.78, 5) is 20.2. The van der Waals surface area contributed by atoms with Gasteiger partial charge in [-0.25, -0.2) is 9.37 Å². The van der Waals surface area contributed by atoms with E-state index >= 15 is 0 Å². The zero-order valence-corrected chi connectivity index (χ0v) is 15.7. The van der Waals surface area contributed by atoms with Gasteiger partial charge < -0.3 is 4.74 Å². The number of aliphatic imine (C=N–C) groups is 1. The SMILES string of the molecule is O=C(c1ccccc1)c1ccc2nc(/N=C(/F)OC(F)F)c(-c3ccccc3F)n2c1. The lowest BCUT2D eigenvalue weighted by Crippen LogP contribution is -2.04. The summed E-state index contributed by atoms with van der Waals surface area (Å²) in [6.07, 6.45) is -0.416. The molecule has 0 aliphatic carbocycles. The van der Waals surface area contributed by atoms with Gasteiger partial charge in [-0.2, -0.15) is 13.8 Å². The molecular weight excluding hydrogens is 414 g/mol. The standard InChI is InChI=1S/C22H13F4N3O2/c23-16-9-5-4-8-15(16)18-20(28-22(26)31-21(24)25)27-17-11-10-14(12-29(17)18)19(30)13-6-2-1-3-7-13/h1-12,21H/b28-22-. The van der Waals surface area contributed by atoms with Gasteiger partial charge in [0.25, 0.3) is 0 Å². The Morgan fingerprint density at radius 1 is 0.968 bits per heavy atom. The number of carbonyl (C=O) groups excluding carboxylic acids is 1. The summed E-state index contributed by atoms with van der Waals surface area (Å²) in [5, 5.41) is 0. The highest BCUT2D eigenvalue weighted by molar-refractivity contribution is 6.09. The third-order valence-electron chi connectivity index (χ3n) is 4.41. The number of rotatable bonds is 5. The first-order valence-corrected chi connectivity index (χ1v) is 9.00. The molecule has 2 aromatic carbocycles. The molecule has 4 rings (SSSR count). The topological polar surface area (TPSA) is 56.0 Å². The number of nitrogens with zero attached hydrogens (tertiary/aromatic N) is 3. The Balaban J connectivity index is 1.91. The molecule has 0 spiro atoms. The molecule has 0 saturated carbocycles. The van der Waals surface area contributed by atoms with Crippen molar-refractivity contribution in [3.8, 4) is 11.3 Å². The molecule has 2 heterocycles. The van der Waals surface area contributed by atoms with Crippen LogP contribution in [0.25, 0.3) is 16.9 Å². The highest BCUT2D eigenvalue weighted by Gasteiger charge is 2.20. The minimum Gasteiger partial charge on any atom is -0.393 e. The normalized spacial score (nSPS) is 11.8. The monoisotopic (exact) mass is 427 g/mol. The van der Waals surface area contributed by atoms with E-state index in [1.807, 2.05) is 0 Å². The molecule has 0 amide bonds. The number of hydrogen-bond donors (Lipinski definition) is 0. The summed E-state index contributed by atoms with van der Waals surface area (Å²) in [7, 11) is 0. The summed E-state index contributed by atoms with van der Waals surface area (Å²) in [6, 6.07) is 17.0. The van der Waals surface area contributed by atoms with E-state index < -0.39 is 18.6 Å². The number of ether oxygens (including phenoxy) is 1. The number of fused-ring (bicyclic) bond motifs is 1. The van der Waals surface area contributed by atoms with E-state index in [2.05, 4.69) is 14.7 Å². The summed E-state index contributed by atoms with van der Waals surface area (Å²) in [5.74, 6) is -1.35. The fraction of sp³-hybridized carbons (Fsp3) is 0.0455. The summed E-state index contributed by atoms with van der Waals surface area (Å²) >= 11 is 0. The minimum absolute atomic E-state index is 0.0112. The van der Waals surface area contributed by atoms with Crippen LogP contribution in [0, 0.1) is 5.82 Å². The van der Waals surface area contributed by atoms with Crippen molar-refractivity contribution >= 4 is 23.4 Å². The Bertz CT molecular complexity index is 1290. The Morgan fingerprint density at radius 2 is 1.68 bits per heavy atom. The van der Waals surface area contributed by atoms with Crippen LogP contribution < -0.4 is 0 Å². The van der Waals surface area contributed by atoms with Gasteiger partial charge in [0.1, 0.15) is 17.2 Å². The average Bonchev–Trinajstić information content (AvgIpc) is 3.10. The lowest BCUT2D eigenvalue weighted by molar-refractivity contribution is -0.0688. The third-order valence-corrected chi connectivity index (χ3v) is 4.41. The van der Waals surface area contributed by atoms with Crippen molar-refractivity contribution in [1.29, 1.82) is 0 Å². The van der Waals surface area contributed by atoms with Crippen molar-refractivity contribution in [2.24, 2.45) is 4.99 Å². The van der Waals surface area contributed by atoms with Crippen molar-refractivity contribution in [2.45, 2.75) is 6.61 Å². The van der Waals surface area contributed by atoms with Crippen molar-refractivity contribution in [3.63, 3.8) is 0 Å². The fourth-order valence-electron chi connectivity index (χ4n) is 3.09. The van der Waals surface area contributed by atoms with Crippen LogP contribution in [0.2, 0.25) is 0 Å². The molecule has 2 aromatic heterocycles. The van der Waals surface area contributed by atoms with Crippen LogP contribution in [0.4, 0.5) is 23.4 Å². The molecule has 0 fully saturated rings. The van der Waals surface area contributed by atoms with Crippen molar-refractivity contribution in [3.05, 3.63) is 89.9 Å². The third kappa shape index (κ3) is 4.16. The van der Waals surface area contributed by atoms with Gasteiger partial charge in [0, 0.05) is 22.9 Å². The molecule has 0 bridgehead atoms. The molecule has 31 heavy (non-hydrogen) atoms. The molecule has 0 radical (unpaired) electrons. The fourth-order valence-corrected chi connectivity index (χ4v) is 3.09. The Morgan fingerprint density at radius 3 is 2.39 bits per heavy atom. The number of alkyl halides is 2. The molecule has 0 saturated heterocycles. The lowest BCUT2D eigenvalue weighted by atomic mass is 10.1. The van der Waals surface area contributed by atoms with Crippen molar-refractivity contribution < 1.29 is 27.1 Å². The molecule has 0 aliphatic rings. The Hall–Kier alpha value is -4.01. The van der Waals surface area contributed by atoms with Gasteiger partial charge in [-0.3, -0.25) is 9.20 Å². The second-order valence-electron chi connectivity index (χ2n) is 6.35. The molecule has 5 nitrogen and oxygen atoms in total. The van der Waals surface area contributed by atoms with E-state index in [-0.39, 0.29) is 34.1 Å². The number of hydrogen-bond acceptors (Lipinski definition) is 4. The van der Waals surface area contributed by atoms with Crippen LogP contribution in [0.15, 0.2) is 77.9 Å². The van der Waals surface area contributed by atoms with Gasteiger partial charge in [-0.1, -0.05) is 42.5 Å². The lowest BCUT2D eigenvalue weighted by Gasteiger charge is -2.07. The van der Waals surface area contributed by atoms with Crippen LogP contribution in [0.3, 0.4) is 0 Å². The maximum absolute atomic E-state index is 14.5. The second kappa shape index (κ2) is 8.39. The summed E-state index contributed by atoms with van der Waals surface area (Å²) < 4.78 is 57.9. The smallest absolute Gasteiger partial charge is 0.390 e. The molecule has 156 valence electrons. The number of pyridine rings is 1. The number of ketones is 1. The molecule has 0 aliphatic heterocycles. The number of imidazole rings is 1. The van der Waals surface area contributed by atoms with E-state index in [0.717, 1.165) is 0 Å². The van der Waals surface area contributed by atoms with Crippen LogP contribution >= 0.6 is 0 Å². The van der Waals surface area contributed by atoms with E-state index in [4.69, 9.17) is 0 Å². The number of aromatic nitrogens is 2. The van der Waals surface area contributed by atoms with Gasteiger partial charge in [0.15, 0.2) is 11.6 Å². The van der Waals surface area contributed by atoms with Crippen LogP contribution in [-0.4, -0.2) is 27.9 Å². The summed E-state index contributed by atoms with van der Waals surface area (Å²) in [6.45, 7) is -3.42. The van der Waals surface area contributed by atoms with Crippen molar-refractivity contribution in [1.82, 2.24) is 9.38 Å². The first-order chi connectivity index (χ1) is 14.9. The number of benzene rings is 2. The van der Waals surface area contributed by atoms with Gasteiger partial charge in [0.2, 0.25) is 0 Å². The van der Waals surface area contributed by atoms with Gasteiger partial charge in [-0.15, -0.1) is 4.39 Å². The van der Waals surface area contributed by atoms with E-state index in [1.54, 1.807) is 30.3 Å². The van der Waals surface area contributed by atoms with Gasteiger partial charge in [-0.05, 0) is 24.3 Å². The first-order valence-electron chi connectivity index (χ1n) is 9.00. The van der Waals surface area contributed by atoms with E-state index in [0.29, 0.717) is 5.56 Å². The molecular formula is C22H13F4N3O2. The van der Waals surface area contributed by atoms with Crippen LogP contribution in [0.5, 0.6) is 0 Å². The maximum Gasteiger partial charge on any atom is 0.390 e.